The first-order valence-corrected chi connectivity index (χ1v) is 8.71. The van der Waals surface area contributed by atoms with E-state index in [9.17, 15) is 4.39 Å². The number of pyridine rings is 2. The highest BCUT2D eigenvalue weighted by molar-refractivity contribution is 5.92. The number of benzene rings is 1. The van der Waals surface area contributed by atoms with E-state index in [0.29, 0.717) is 22.6 Å². The minimum absolute atomic E-state index is 0.0283. The number of aryl methyl sites for hydroxylation is 2. The van der Waals surface area contributed by atoms with Crippen LogP contribution >= 0.6 is 0 Å². The summed E-state index contributed by atoms with van der Waals surface area (Å²) in [5.41, 5.74) is 7.32. The van der Waals surface area contributed by atoms with Crippen molar-refractivity contribution in [2.45, 2.75) is 47.5 Å². The van der Waals surface area contributed by atoms with Crippen molar-refractivity contribution in [3.63, 3.8) is 0 Å². The Balaban J connectivity index is 2.53. The van der Waals surface area contributed by atoms with Crippen LogP contribution in [0.2, 0.25) is 0 Å². The summed E-state index contributed by atoms with van der Waals surface area (Å²) in [6, 6.07) is 6.20. The SMILES string of the molecule is [2H]c1c(C)[n+](C)c(-c2cc(C)cc(C)c2C)c2cc(F)c(C(C)C)nc12. The Morgan fingerprint density at radius 1 is 1.12 bits per heavy atom. The highest BCUT2D eigenvalue weighted by atomic mass is 19.1. The predicted molar refractivity (Wildman–Crippen MR) is 101 cm³/mol. The highest BCUT2D eigenvalue weighted by Crippen LogP contribution is 2.32. The molecule has 0 atom stereocenters. The average Bonchev–Trinajstić information content (AvgIpc) is 2.56. The lowest BCUT2D eigenvalue weighted by atomic mass is 9.94. The molecule has 0 radical (unpaired) electrons. The van der Waals surface area contributed by atoms with Crippen LogP contribution in [0.5, 0.6) is 0 Å². The van der Waals surface area contributed by atoms with Crippen LogP contribution < -0.4 is 4.57 Å². The number of nitrogens with zero attached hydrogens (tertiary/aromatic N) is 2. The third kappa shape index (κ3) is 2.92. The monoisotopic (exact) mass is 338 g/mol. The Morgan fingerprint density at radius 2 is 1.80 bits per heavy atom. The molecule has 0 amide bonds. The molecule has 130 valence electrons. The van der Waals surface area contributed by atoms with Crippen molar-refractivity contribution in [3.05, 3.63) is 58.1 Å². The second-order valence-electron chi connectivity index (χ2n) is 7.28. The van der Waals surface area contributed by atoms with Crippen molar-refractivity contribution in [1.29, 1.82) is 0 Å². The van der Waals surface area contributed by atoms with Gasteiger partial charge in [-0.3, -0.25) is 0 Å². The number of rotatable bonds is 2. The van der Waals surface area contributed by atoms with E-state index in [0.717, 1.165) is 28.1 Å². The lowest BCUT2D eigenvalue weighted by Gasteiger charge is -2.14. The number of halogens is 1. The van der Waals surface area contributed by atoms with E-state index < -0.39 is 0 Å². The van der Waals surface area contributed by atoms with Crippen LogP contribution in [0.25, 0.3) is 22.2 Å². The molecule has 0 unspecified atom stereocenters. The fourth-order valence-electron chi connectivity index (χ4n) is 3.40. The molecule has 0 spiro atoms. The van der Waals surface area contributed by atoms with Gasteiger partial charge in [-0.15, -0.1) is 0 Å². The number of hydrogen-bond acceptors (Lipinski definition) is 1. The minimum atomic E-state index is -0.306. The quantitative estimate of drug-likeness (QED) is 0.585. The van der Waals surface area contributed by atoms with Gasteiger partial charge in [-0.25, -0.2) is 9.37 Å². The standard InChI is InChI=1S/C22H26FN2/c1-12(2)21-19(23)11-18-20(24-21)10-15(5)25(7)22(18)17-9-13(3)8-14(4)16(17)6/h8-12H,1-7H3/q+1/i10D. The van der Waals surface area contributed by atoms with Crippen LogP contribution in [0.4, 0.5) is 4.39 Å². The van der Waals surface area contributed by atoms with Crippen LogP contribution in [0.3, 0.4) is 0 Å². The Morgan fingerprint density at radius 3 is 2.44 bits per heavy atom. The van der Waals surface area contributed by atoms with E-state index in [1.54, 1.807) is 6.07 Å². The first kappa shape index (κ1) is 16.2. The smallest absolute Gasteiger partial charge is 0.222 e. The molecule has 1 aromatic carbocycles. The summed E-state index contributed by atoms with van der Waals surface area (Å²) in [6.07, 6.45) is 0. The van der Waals surface area contributed by atoms with Gasteiger partial charge in [-0.1, -0.05) is 25.5 Å². The molecule has 0 saturated carbocycles. The van der Waals surface area contributed by atoms with Crippen LogP contribution in [-0.2, 0) is 7.05 Å². The fraction of sp³-hybridized carbons (Fsp3) is 0.364. The Labute approximate surface area is 150 Å². The van der Waals surface area contributed by atoms with E-state index in [2.05, 4.69) is 37.9 Å². The molecule has 0 aliphatic rings. The summed E-state index contributed by atoms with van der Waals surface area (Å²) in [4.78, 5) is 4.56. The zero-order chi connectivity index (χ0) is 19.3. The molecular formula is C22H26FN2+. The van der Waals surface area contributed by atoms with E-state index >= 15 is 0 Å². The van der Waals surface area contributed by atoms with Crippen molar-refractivity contribution >= 4 is 10.9 Å². The van der Waals surface area contributed by atoms with E-state index in [1.165, 1.54) is 5.56 Å². The Bertz CT molecular complexity index is 1040. The first-order valence-electron chi connectivity index (χ1n) is 9.21. The van der Waals surface area contributed by atoms with Gasteiger partial charge in [0.05, 0.1) is 23.5 Å². The summed E-state index contributed by atoms with van der Waals surface area (Å²) in [6.45, 7) is 12.0. The maximum atomic E-state index is 14.8. The molecule has 2 nitrogen and oxygen atoms in total. The molecule has 25 heavy (non-hydrogen) atoms. The van der Waals surface area contributed by atoms with Crippen molar-refractivity contribution in [1.82, 2.24) is 4.98 Å². The molecule has 0 bridgehead atoms. The van der Waals surface area contributed by atoms with Gasteiger partial charge in [0, 0.05) is 13.0 Å². The zero-order valence-corrected chi connectivity index (χ0v) is 16.1. The third-order valence-electron chi connectivity index (χ3n) is 5.01. The average molecular weight is 338 g/mol. The summed E-state index contributed by atoms with van der Waals surface area (Å²) in [5, 5.41) is 0.693. The molecule has 0 saturated heterocycles. The zero-order valence-electron chi connectivity index (χ0n) is 17.1. The van der Waals surface area contributed by atoms with E-state index in [-0.39, 0.29) is 11.7 Å². The van der Waals surface area contributed by atoms with Crippen LogP contribution in [-0.4, -0.2) is 4.98 Å². The van der Waals surface area contributed by atoms with Crippen molar-refractivity contribution in [2.24, 2.45) is 7.05 Å². The lowest BCUT2D eigenvalue weighted by Crippen LogP contribution is -2.35. The van der Waals surface area contributed by atoms with Gasteiger partial charge in [-0.05, 0) is 49.9 Å². The van der Waals surface area contributed by atoms with Gasteiger partial charge in [0.2, 0.25) is 5.69 Å². The third-order valence-corrected chi connectivity index (χ3v) is 5.01. The van der Waals surface area contributed by atoms with Crippen LogP contribution in [0.15, 0.2) is 24.2 Å². The largest absolute Gasteiger partial charge is 0.249 e. The van der Waals surface area contributed by atoms with Gasteiger partial charge >= 0.3 is 0 Å². The number of aromatic nitrogens is 2. The summed E-state index contributed by atoms with van der Waals surface area (Å²) >= 11 is 0. The molecule has 0 aliphatic carbocycles. The van der Waals surface area contributed by atoms with Crippen molar-refractivity contribution < 1.29 is 10.3 Å². The molecule has 3 heteroatoms. The highest BCUT2D eigenvalue weighted by Gasteiger charge is 2.23. The van der Waals surface area contributed by atoms with Crippen molar-refractivity contribution in [3.8, 4) is 11.3 Å². The molecule has 0 aliphatic heterocycles. The topological polar surface area (TPSA) is 16.8 Å². The lowest BCUT2D eigenvalue weighted by molar-refractivity contribution is -0.665. The first-order chi connectivity index (χ1) is 12.1. The fourth-order valence-corrected chi connectivity index (χ4v) is 3.40. The van der Waals surface area contributed by atoms with Crippen molar-refractivity contribution in [2.75, 3.05) is 0 Å². The van der Waals surface area contributed by atoms with Gasteiger partial charge in [-0.2, -0.15) is 4.57 Å². The van der Waals surface area contributed by atoms with Gasteiger partial charge in [0.15, 0.2) is 5.69 Å². The van der Waals surface area contributed by atoms with Crippen LogP contribution in [0, 0.1) is 33.5 Å². The number of hydrogen-bond donors (Lipinski definition) is 0. The molecule has 2 heterocycles. The molecule has 3 aromatic rings. The summed E-state index contributed by atoms with van der Waals surface area (Å²) in [7, 11) is 1.94. The summed E-state index contributed by atoms with van der Waals surface area (Å²) < 4.78 is 25.3. The Hall–Kier alpha value is -2.29. The minimum Gasteiger partial charge on any atom is -0.249 e. The molecule has 0 N–H and O–H groups in total. The van der Waals surface area contributed by atoms with Crippen LogP contribution in [0.1, 0.15) is 49.2 Å². The maximum absolute atomic E-state index is 14.8. The van der Waals surface area contributed by atoms with Gasteiger partial charge in [0.1, 0.15) is 12.9 Å². The van der Waals surface area contributed by atoms with Gasteiger partial charge in [0.25, 0.3) is 0 Å². The second-order valence-corrected chi connectivity index (χ2v) is 7.28. The summed E-state index contributed by atoms with van der Waals surface area (Å²) in [5.74, 6) is -0.335. The van der Waals surface area contributed by atoms with E-state index in [4.69, 9.17) is 1.37 Å². The molecule has 2 aromatic heterocycles. The maximum Gasteiger partial charge on any atom is 0.222 e. The second kappa shape index (κ2) is 6.21. The Kier molecular flexibility index (Phi) is 4.03. The predicted octanol–water partition coefficient (Wildman–Crippen LogP) is 5.22. The molecule has 3 rings (SSSR count). The normalized spacial score (nSPS) is 12.1. The molecule has 0 fully saturated rings. The molecular weight excluding hydrogens is 311 g/mol. The number of fused-ring (bicyclic) bond motifs is 1. The van der Waals surface area contributed by atoms with E-state index in [1.807, 2.05) is 32.4 Å². The van der Waals surface area contributed by atoms with Gasteiger partial charge < -0.3 is 0 Å².